The largest absolute Gasteiger partial charge is 0.269 e. The van der Waals surface area contributed by atoms with E-state index in [-0.39, 0.29) is 17.2 Å². The zero-order valence-corrected chi connectivity index (χ0v) is 13.0. The number of aromatic nitrogens is 1. The Labute approximate surface area is 133 Å². The molecule has 22 heavy (non-hydrogen) atoms. The molecule has 0 radical (unpaired) electrons. The van der Waals surface area contributed by atoms with Crippen molar-refractivity contribution in [2.45, 2.75) is 30.0 Å². The van der Waals surface area contributed by atoms with Gasteiger partial charge in [0.2, 0.25) is 0 Å². The van der Waals surface area contributed by atoms with E-state index in [1.165, 1.54) is 16.7 Å². The number of carbonyl (C=O) groups is 2. The van der Waals surface area contributed by atoms with Gasteiger partial charge >= 0.3 is 0 Å². The van der Waals surface area contributed by atoms with Gasteiger partial charge in [-0.25, -0.2) is 0 Å². The summed E-state index contributed by atoms with van der Waals surface area (Å²) in [6, 6.07) is 10.8. The van der Waals surface area contributed by atoms with Crippen LogP contribution in [0.15, 0.2) is 53.7 Å². The van der Waals surface area contributed by atoms with Gasteiger partial charge in [0.05, 0.1) is 16.5 Å². The van der Waals surface area contributed by atoms with Crippen LogP contribution in [-0.2, 0) is 0 Å². The van der Waals surface area contributed by atoms with E-state index in [2.05, 4.69) is 11.9 Å². The minimum Gasteiger partial charge on any atom is -0.269 e. The molecule has 1 aliphatic rings. The number of benzene rings is 1. The van der Waals surface area contributed by atoms with Crippen molar-refractivity contribution >= 4 is 23.6 Å². The van der Waals surface area contributed by atoms with Crippen LogP contribution >= 0.6 is 11.8 Å². The molecule has 5 heteroatoms. The summed E-state index contributed by atoms with van der Waals surface area (Å²) in [5, 5.41) is -0.195. The first-order chi connectivity index (χ1) is 10.7. The molecule has 0 saturated heterocycles. The number of thioether (sulfide) groups is 1. The molecule has 0 spiro atoms. The molecule has 0 saturated carbocycles. The minimum absolute atomic E-state index is 0.194. The van der Waals surface area contributed by atoms with Gasteiger partial charge < -0.3 is 0 Å². The molecule has 0 N–H and O–H groups in total. The lowest BCUT2D eigenvalue weighted by molar-refractivity contribution is 0.0633. The topological polar surface area (TPSA) is 50.3 Å². The number of hydrogen-bond donors (Lipinski definition) is 0. The number of fused-ring (bicyclic) bond motifs is 1. The Hall–Kier alpha value is -2.14. The maximum Gasteiger partial charge on any atom is 0.262 e. The molecule has 112 valence electrons. The van der Waals surface area contributed by atoms with Crippen LogP contribution in [0.5, 0.6) is 0 Å². The second-order valence-electron chi connectivity index (χ2n) is 5.07. The monoisotopic (exact) mass is 312 g/mol. The van der Waals surface area contributed by atoms with Crippen LogP contribution in [0.4, 0.5) is 0 Å². The SMILES string of the molecule is CCCC(Sc1ccncc1)N1C(=O)c2ccccc2C1=O. The third-order valence-electron chi connectivity index (χ3n) is 3.57. The molecule has 1 atom stereocenters. The summed E-state index contributed by atoms with van der Waals surface area (Å²) in [5.41, 5.74) is 1.01. The van der Waals surface area contributed by atoms with Crippen molar-refractivity contribution in [3.63, 3.8) is 0 Å². The quantitative estimate of drug-likeness (QED) is 0.625. The average Bonchev–Trinajstić information content (AvgIpc) is 2.80. The lowest BCUT2D eigenvalue weighted by Gasteiger charge is -2.25. The predicted octanol–water partition coefficient (Wildman–Crippen LogP) is 3.60. The second kappa shape index (κ2) is 6.32. The summed E-state index contributed by atoms with van der Waals surface area (Å²) in [5.74, 6) is -0.388. The van der Waals surface area contributed by atoms with Gasteiger partial charge in [-0.2, -0.15) is 0 Å². The third-order valence-corrected chi connectivity index (χ3v) is 4.83. The number of hydrogen-bond acceptors (Lipinski definition) is 4. The van der Waals surface area contributed by atoms with Crippen LogP contribution in [-0.4, -0.2) is 27.1 Å². The van der Waals surface area contributed by atoms with Crippen LogP contribution in [0.1, 0.15) is 40.5 Å². The van der Waals surface area contributed by atoms with Gasteiger partial charge in [0.15, 0.2) is 0 Å². The summed E-state index contributed by atoms with van der Waals surface area (Å²) in [6.45, 7) is 2.05. The summed E-state index contributed by atoms with van der Waals surface area (Å²) in [6.07, 6.45) is 5.09. The second-order valence-corrected chi connectivity index (χ2v) is 6.32. The Morgan fingerprint density at radius 1 is 1.05 bits per heavy atom. The van der Waals surface area contributed by atoms with Gasteiger partial charge in [-0.1, -0.05) is 25.5 Å². The molecule has 2 amide bonds. The highest BCUT2D eigenvalue weighted by Gasteiger charge is 2.39. The molecule has 0 bridgehead atoms. The first-order valence-electron chi connectivity index (χ1n) is 7.26. The molecule has 0 fully saturated rings. The summed E-state index contributed by atoms with van der Waals surface area (Å²) >= 11 is 1.53. The van der Waals surface area contributed by atoms with E-state index in [0.717, 1.165) is 17.7 Å². The number of nitrogens with zero attached hydrogens (tertiary/aromatic N) is 2. The van der Waals surface area contributed by atoms with Crippen LogP contribution in [0.3, 0.4) is 0 Å². The fraction of sp³-hybridized carbons (Fsp3) is 0.235. The van der Waals surface area contributed by atoms with E-state index in [9.17, 15) is 9.59 Å². The van der Waals surface area contributed by atoms with Gasteiger partial charge in [0, 0.05) is 17.3 Å². The summed E-state index contributed by atoms with van der Waals surface area (Å²) in [4.78, 5) is 31.6. The fourth-order valence-electron chi connectivity index (χ4n) is 2.53. The maximum absolute atomic E-state index is 12.6. The van der Waals surface area contributed by atoms with Gasteiger partial charge in [-0.3, -0.25) is 19.5 Å². The van der Waals surface area contributed by atoms with Gasteiger partial charge in [-0.05, 0) is 30.7 Å². The van der Waals surface area contributed by atoms with E-state index < -0.39 is 0 Å². The lowest BCUT2D eigenvalue weighted by atomic mass is 10.1. The van der Waals surface area contributed by atoms with Gasteiger partial charge in [0.25, 0.3) is 11.8 Å². The number of rotatable bonds is 5. The Morgan fingerprint density at radius 2 is 1.64 bits per heavy atom. The first kappa shape index (κ1) is 14.8. The highest BCUT2D eigenvalue weighted by atomic mass is 32.2. The molecule has 0 aliphatic carbocycles. The fourth-order valence-corrected chi connectivity index (χ4v) is 3.77. The number of amides is 2. The van der Waals surface area contributed by atoms with E-state index in [1.54, 1.807) is 36.7 Å². The molecule has 1 aromatic carbocycles. The lowest BCUT2D eigenvalue weighted by Crippen LogP contribution is -2.37. The van der Waals surface area contributed by atoms with E-state index in [0.29, 0.717) is 11.1 Å². The molecular formula is C17H16N2O2S. The van der Waals surface area contributed by atoms with Crippen molar-refractivity contribution in [2.24, 2.45) is 0 Å². The van der Waals surface area contributed by atoms with Gasteiger partial charge in [0.1, 0.15) is 0 Å². The number of imide groups is 1. The van der Waals surface area contributed by atoms with Crippen molar-refractivity contribution in [3.05, 3.63) is 59.9 Å². The van der Waals surface area contributed by atoms with Crippen molar-refractivity contribution in [1.29, 1.82) is 0 Å². The molecule has 1 unspecified atom stereocenters. The van der Waals surface area contributed by atoms with Crippen molar-refractivity contribution in [1.82, 2.24) is 9.88 Å². The van der Waals surface area contributed by atoms with Crippen molar-refractivity contribution in [3.8, 4) is 0 Å². The average molecular weight is 312 g/mol. The normalized spacial score (nSPS) is 15.0. The molecule has 2 heterocycles. The highest BCUT2D eigenvalue weighted by Crippen LogP contribution is 2.34. The Balaban J connectivity index is 1.90. The highest BCUT2D eigenvalue weighted by molar-refractivity contribution is 8.00. The van der Waals surface area contributed by atoms with Crippen LogP contribution in [0, 0.1) is 0 Å². The summed E-state index contributed by atoms with van der Waals surface area (Å²) in [7, 11) is 0. The molecule has 1 aliphatic heterocycles. The van der Waals surface area contributed by atoms with Crippen LogP contribution in [0.25, 0.3) is 0 Å². The Morgan fingerprint density at radius 3 is 2.18 bits per heavy atom. The Kier molecular flexibility index (Phi) is 4.24. The van der Waals surface area contributed by atoms with E-state index in [4.69, 9.17) is 0 Å². The molecular weight excluding hydrogens is 296 g/mol. The van der Waals surface area contributed by atoms with Crippen molar-refractivity contribution < 1.29 is 9.59 Å². The number of carbonyl (C=O) groups excluding carboxylic acids is 2. The van der Waals surface area contributed by atoms with Crippen LogP contribution in [0.2, 0.25) is 0 Å². The van der Waals surface area contributed by atoms with Crippen LogP contribution < -0.4 is 0 Å². The molecule has 1 aromatic heterocycles. The predicted molar refractivity (Wildman–Crippen MR) is 85.7 cm³/mol. The zero-order chi connectivity index (χ0) is 15.5. The maximum atomic E-state index is 12.6. The van der Waals surface area contributed by atoms with E-state index in [1.807, 2.05) is 12.1 Å². The standard InChI is InChI=1S/C17H16N2O2S/c1-2-5-15(22-12-8-10-18-11-9-12)19-16(20)13-6-3-4-7-14(13)17(19)21/h3-4,6-11,15H,2,5H2,1H3. The molecule has 2 aromatic rings. The Bertz CT molecular complexity index is 668. The third kappa shape index (κ3) is 2.64. The van der Waals surface area contributed by atoms with Crippen molar-refractivity contribution in [2.75, 3.05) is 0 Å². The zero-order valence-electron chi connectivity index (χ0n) is 12.2. The molecule has 3 rings (SSSR count). The van der Waals surface area contributed by atoms with E-state index >= 15 is 0 Å². The van der Waals surface area contributed by atoms with Gasteiger partial charge in [-0.15, -0.1) is 11.8 Å². The first-order valence-corrected chi connectivity index (χ1v) is 8.14. The summed E-state index contributed by atoms with van der Waals surface area (Å²) < 4.78 is 0. The smallest absolute Gasteiger partial charge is 0.262 e. The molecule has 4 nitrogen and oxygen atoms in total. The minimum atomic E-state index is -0.195. The number of pyridine rings is 1.